The number of benzene rings is 2. The van der Waals surface area contributed by atoms with Crippen LogP contribution in [0, 0.1) is 11.3 Å². The summed E-state index contributed by atoms with van der Waals surface area (Å²) in [7, 11) is 0. The number of rotatable bonds is 7. The van der Waals surface area contributed by atoms with Crippen molar-refractivity contribution in [3.63, 3.8) is 0 Å². The SMILES string of the molecule is N#Cc1ccccc1OCC(=O)OCC(=O)Nc1nc(-c2ccccc2Cl)cs1. The van der Waals surface area contributed by atoms with E-state index in [0.29, 0.717) is 21.4 Å². The van der Waals surface area contributed by atoms with Crippen LogP contribution in [0.5, 0.6) is 5.75 Å². The Morgan fingerprint density at radius 3 is 2.69 bits per heavy atom. The number of amides is 1. The first-order valence-electron chi connectivity index (χ1n) is 8.34. The van der Waals surface area contributed by atoms with E-state index in [2.05, 4.69) is 10.3 Å². The fourth-order valence-electron chi connectivity index (χ4n) is 2.29. The highest BCUT2D eigenvalue weighted by atomic mass is 35.5. The lowest BCUT2D eigenvalue weighted by Crippen LogP contribution is -2.23. The van der Waals surface area contributed by atoms with Gasteiger partial charge in [-0.1, -0.05) is 41.9 Å². The van der Waals surface area contributed by atoms with Crippen LogP contribution in [0.3, 0.4) is 0 Å². The zero-order valence-electron chi connectivity index (χ0n) is 14.9. The molecule has 2 aromatic carbocycles. The normalized spacial score (nSPS) is 10.1. The molecule has 0 spiro atoms. The maximum Gasteiger partial charge on any atom is 0.344 e. The molecule has 1 amide bonds. The zero-order valence-corrected chi connectivity index (χ0v) is 16.5. The number of aromatic nitrogens is 1. The molecule has 1 heterocycles. The molecular formula is C20H14ClN3O4S. The van der Waals surface area contributed by atoms with Crippen molar-refractivity contribution in [2.75, 3.05) is 18.5 Å². The summed E-state index contributed by atoms with van der Waals surface area (Å²) in [5, 5.41) is 14.2. The van der Waals surface area contributed by atoms with Crippen LogP contribution in [-0.2, 0) is 14.3 Å². The molecule has 1 N–H and O–H groups in total. The predicted molar refractivity (Wildman–Crippen MR) is 109 cm³/mol. The molecule has 0 bridgehead atoms. The largest absolute Gasteiger partial charge is 0.481 e. The molecule has 0 saturated heterocycles. The van der Waals surface area contributed by atoms with Gasteiger partial charge >= 0.3 is 5.97 Å². The van der Waals surface area contributed by atoms with Gasteiger partial charge in [0.25, 0.3) is 5.91 Å². The van der Waals surface area contributed by atoms with E-state index in [0.717, 1.165) is 5.56 Å². The van der Waals surface area contributed by atoms with Crippen LogP contribution in [0.25, 0.3) is 11.3 Å². The van der Waals surface area contributed by atoms with Crippen molar-refractivity contribution < 1.29 is 19.1 Å². The highest BCUT2D eigenvalue weighted by Crippen LogP contribution is 2.30. The van der Waals surface area contributed by atoms with Gasteiger partial charge in [0.2, 0.25) is 0 Å². The number of hydrogen-bond acceptors (Lipinski definition) is 7. The van der Waals surface area contributed by atoms with Crippen molar-refractivity contribution >= 4 is 39.9 Å². The summed E-state index contributed by atoms with van der Waals surface area (Å²) in [5.74, 6) is -0.995. The average molecular weight is 428 g/mol. The van der Waals surface area contributed by atoms with E-state index in [1.165, 1.54) is 11.3 Å². The lowest BCUT2D eigenvalue weighted by molar-refractivity contribution is -0.149. The Kier molecular flexibility index (Phi) is 6.79. The summed E-state index contributed by atoms with van der Waals surface area (Å²) in [6.45, 7) is -0.900. The molecule has 0 aliphatic rings. The fourth-order valence-corrected chi connectivity index (χ4v) is 3.25. The van der Waals surface area contributed by atoms with E-state index in [1.54, 1.807) is 35.7 Å². The Labute approximate surface area is 175 Å². The lowest BCUT2D eigenvalue weighted by Gasteiger charge is -2.07. The summed E-state index contributed by atoms with van der Waals surface area (Å²) in [6, 6.07) is 15.7. The van der Waals surface area contributed by atoms with Crippen molar-refractivity contribution in [1.82, 2.24) is 4.98 Å². The number of halogens is 1. The molecule has 3 rings (SSSR count). The van der Waals surface area contributed by atoms with E-state index in [-0.39, 0.29) is 5.75 Å². The second-order valence-corrected chi connectivity index (χ2v) is 6.89. The van der Waals surface area contributed by atoms with Crippen molar-refractivity contribution in [1.29, 1.82) is 5.26 Å². The number of nitrogens with zero attached hydrogens (tertiary/aromatic N) is 2. The van der Waals surface area contributed by atoms with Crippen LogP contribution < -0.4 is 10.1 Å². The van der Waals surface area contributed by atoms with E-state index in [9.17, 15) is 9.59 Å². The zero-order chi connectivity index (χ0) is 20.6. The molecule has 146 valence electrons. The summed E-state index contributed by atoms with van der Waals surface area (Å²) in [6.07, 6.45) is 0. The number of anilines is 1. The van der Waals surface area contributed by atoms with Gasteiger partial charge in [-0.15, -0.1) is 11.3 Å². The summed E-state index contributed by atoms with van der Waals surface area (Å²) < 4.78 is 10.1. The summed E-state index contributed by atoms with van der Waals surface area (Å²) in [4.78, 5) is 28.0. The summed E-state index contributed by atoms with van der Waals surface area (Å²) >= 11 is 7.37. The molecule has 0 unspecified atom stereocenters. The van der Waals surface area contributed by atoms with Crippen molar-refractivity contribution in [2.45, 2.75) is 0 Å². The van der Waals surface area contributed by atoms with Gasteiger partial charge in [0.1, 0.15) is 11.8 Å². The van der Waals surface area contributed by atoms with Crippen LogP contribution >= 0.6 is 22.9 Å². The number of nitrogens with one attached hydrogen (secondary N) is 1. The standard InChI is InChI=1S/C20H14ClN3O4S/c21-15-7-3-2-6-14(15)16-12-29-20(23-16)24-18(25)10-28-19(26)11-27-17-8-4-1-5-13(17)9-22/h1-8,12H,10-11H2,(H,23,24,25). The minimum absolute atomic E-state index is 0.270. The van der Waals surface area contributed by atoms with E-state index >= 15 is 0 Å². The van der Waals surface area contributed by atoms with E-state index < -0.39 is 25.1 Å². The Bertz CT molecular complexity index is 1080. The van der Waals surface area contributed by atoms with Crippen LogP contribution in [0.15, 0.2) is 53.9 Å². The minimum Gasteiger partial charge on any atom is -0.481 e. The number of thiazole rings is 1. The molecule has 3 aromatic rings. The molecule has 0 aliphatic heterocycles. The van der Waals surface area contributed by atoms with Crippen LogP contribution in [0.2, 0.25) is 5.02 Å². The summed E-state index contributed by atoms with van der Waals surface area (Å²) in [5.41, 5.74) is 1.70. The number of ether oxygens (including phenoxy) is 2. The minimum atomic E-state index is -0.733. The topological polar surface area (TPSA) is 101 Å². The van der Waals surface area contributed by atoms with Gasteiger partial charge in [-0.3, -0.25) is 10.1 Å². The molecule has 0 atom stereocenters. The lowest BCUT2D eigenvalue weighted by atomic mass is 10.2. The molecule has 0 radical (unpaired) electrons. The van der Waals surface area contributed by atoms with Gasteiger partial charge in [0.05, 0.1) is 11.3 Å². The van der Waals surface area contributed by atoms with Gasteiger partial charge in [-0.25, -0.2) is 9.78 Å². The van der Waals surface area contributed by atoms with E-state index in [4.69, 9.17) is 26.3 Å². The van der Waals surface area contributed by atoms with Gasteiger partial charge in [-0.2, -0.15) is 5.26 Å². The average Bonchev–Trinajstić information content (AvgIpc) is 3.19. The highest BCUT2D eigenvalue weighted by molar-refractivity contribution is 7.14. The maximum absolute atomic E-state index is 12.0. The predicted octanol–water partition coefficient (Wildman–Crippen LogP) is 3.90. The smallest absolute Gasteiger partial charge is 0.344 e. The van der Waals surface area contributed by atoms with Crippen molar-refractivity contribution in [3.8, 4) is 23.1 Å². The molecule has 9 heteroatoms. The Hall–Kier alpha value is -3.41. The monoisotopic (exact) mass is 427 g/mol. The van der Waals surface area contributed by atoms with Gasteiger partial charge in [-0.05, 0) is 18.2 Å². The first-order valence-corrected chi connectivity index (χ1v) is 9.60. The highest BCUT2D eigenvalue weighted by Gasteiger charge is 2.13. The van der Waals surface area contributed by atoms with Crippen LogP contribution in [0.4, 0.5) is 5.13 Å². The molecule has 0 aliphatic carbocycles. The van der Waals surface area contributed by atoms with Crippen LogP contribution in [0.1, 0.15) is 5.56 Å². The molecule has 29 heavy (non-hydrogen) atoms. The van der Waals surface area contributed by atoms with Crippen LogP contribution in [-0.4, -0.2) is 30.1 Å². The second kappa shape index (κ2) is 9.68. The third-order valence-electron chi connectivity index (χ3n) is 3.62. The number of carbonyl (C=O) groups is 2. The molecule has 7 nitrogen and oxygen atoms in total. The molecular weight excluding hydrogens is 414 g/mol. The number of para-hydroxylation sites is 1. The van der Waals surface area contributed by atoms with Gasteiger partial charge in [0, 0.05) is 16.0 Å². The fraction of sp³-hybridized carbons (Fsp3) is 0.100. The number of carbonyl (C=O) groups excluding carboxylic acids is 2. The number of esters is 1. The second-order valence-electron chi connectivity index (χ2n) is 5.62. The van der Waals surface area contributed by atoms with Crippen molar-refractivity contribution in [3.05, 3.63) is 64.5 Å². The third kappa shape index (κ3) is 5.54. The Morgan fingerprint density at radius 2 is 1.90 bits per heavy atom. The maximum atomic E-state index is 12.0. The first kappa shape index (κ1) is 20.3. The third-order valence-corrected chi connectivity index (χ3v) is 4.70. The number of nitriles is 1. The first-order chi connectivity index (χ1) is 14.1. The van der Waals surface area contributed by atoms with Crippen molar-refractivity contribution in [2.24, 2.45) is 0 Å². The van der Waals surface area contributed by atoms with Gasteiger partial charge in [0.15, 0.2) is 18.3 Å². The molecule has 0 fully saturated rings. The number of hydrogen-bond donors (Lipinski definition) is 1. The van der Waals surface area contributed by atoms with E-state index in [1.807, 2.05) is 24.3 Å². The molecule has 0 saturated carbocycles. The van der Waals surface area contributed by atoms with Gasteiger partial charge < -0.3 is 9.47 Å². The quantitative estimate of drug-likeness (QED) is 0.574. The Balaban J connectivity index is 1.47. The molecule has 1 aromatic heterocycles. The Morgan fingerprint density at radius 1 is 1.14 bits per heavy atom.